The Morgan fingerprint density at radius 2 is 1.62 bits per heavy atom. The minimum atomic E-state index is 0.747. The molecule has 1 aliphatic heterocycles. The highest BCUT2D eigenvalue weighted by Gasteiger charge is 2.18. The molecule has 2 aromatic carbocycles. The molecule has 0 unspecified atom stereocenters. The highest BCUT2D eigenvalue weighted by Crippen LogP contribution is 2.26. The second kappa shape index (κ2) is 7.62. The number of nitrogens with zero attached hydrogens (tertiary/aromatic N) is 4. The predicted molar refractivity (Wildman–Crippen MR) is 107 cm³/mol. The summed E-state index contributed by atoms with van der Waals surface area (Å²) in [6.07, 6.45) is 2.16. The lowest BCUT2D eigenvalue weighted by Crippen LogP contribution is -2.43. The fourth-order valence-corrected chi connectivity index (χ4v) is 3.46. The predicted octanol–water partition coefficient (Wildman–Crippen LogP) is 3.94. The van der Waals surface area contributed by atoms with Gasteiger partial charge in [0.15, 0.2) is 0 Å². The topological polar surface area (TPSA) is 24.3 Å². The largest absolute Gasteiger partial charge is 0.304 e. The van der Waals surface area contributed by atoms with Crippen molar-refractivity contribution < 1.29 is 0 Å². The summed E-state index contributed by atoms with van der Waals surface area (Å²) in [6.45, 7) is 5.32. The van der Waals surface area contributed by atoms with Crippen molar-refractivity contribution in [1.29, 1.82) is 0 Å². The van der Waals surface area contributed by atoms with E-state index in [9.17, 15) is 0 Å². The zero-order chi connectivity index (χ0) is 17.9. The van der Waals surface area contributed by atoms with Gasteiger partial charge in [-0.25, -0.2) is 4.68 Å². The average molecular weight is 367 g/mol. The molecule has 1 aromatic heterocycles. The maximum absolute atomic E-state index is 6.07. The molecule has 2 heterocycles. The normalized spacial score (nSPS) is 16.1. The van der Waals surface area contributed by atoms with Crippen molar-refractivity contribution in [3.63, 3.8) is 0 Å². The SMILES string of the molecule is CN1CCN(Cc2cn(-c3ccccc3)nc2-c2ccc(Cl)cc2)CC1. The van der Waals surface area contributed by atoms with E-state index >= 15 is 0 Å². The number of hydrogen-bond acceptors (Lipinski definition) is 3. The van der Waals surface area contributed by atoms with Crippen LogP contribution in [0.4, 0.5) is 0 Å². The van der Waals surface area contributed by atoms with Crippen LogP contribution in [0.2, 0.25) is 5.02 Å². The van der Waals surface area contributed by atoms with E-state index < -0.39 is 0 Å². The van der Waals surface area contributed by atoms with Crippen LogP contribution in [0, 0.1) is 0 Å². The number of likely N-dealkylation sites (N-methyl/N-ethyl adjacent to an activating group) is 1. The van der Waals surface area contributed by atoms with Crippen LogP contribution in [0.1, 0.15) is 5.56 Å². The molecule has 0 spiro atoms. The van der Waals surface area contributed by atoms with Crippen molar-refractivity contribution >= 4 is 11.6 Å². The molecule has 1 saturated heterocycles. The number of hydrogen-bond donors (Lipinski definition) is 0. The van der Waals surface area contributed by atoms with Gasteiger partial charge in [0.05, 0.1) is 11.4 Å². The summed E-state index contributed by atoms with van der Waals surface area (Å²) in [5, 5.41) is 5.64. The molecule has 1 fully saturated rings. The van der Waals surface area contributed by atoms with Gasteiger partial charge in [-0.15, -0.1) is 0 Å². The lowest BCUT2D eigenvalue weighted by molar-refractivity contribution is 0.148. The first-order valence-corrected chi connectivity index (χ1v) is 9.37. The molecule has 3 aromatic rings. The number of halogens is 1. The van der Waals surface area contributed by atoms with E-state index in [1.54, 1.807) is 0 Å². The molecule has 0 saturated carbocycles. The minimum absolute atomic E-state index is 0.747. The molecule has 0 amide bonds. The molecule has 26 heavy (non-hydrogen) atoms. The Bertz CT molecular complexity index is 849. The fraction of sp³-hybridized carbons (Fsp3) is 0.286. The van der Waals surface area contributed by atoms with Crippen molar-refractivity contribution in [2.24, 2.45) is 0 Å². The third-order valence-corrected chi connectivity index (χ3v) is 5.17. The molecule has 0 N–H and O–H groups in total. The van der Waals surface area contributed by atoms with Crippen LogP contribution in [0.5, 0.6) is 0 Å². The van der Waals surface area contributed by atoms with Gasteiger partial charge in [-0.05, 0) is 31.3 Å². The van der Waals surface area contributed by atoms with Crippen molar-refractivity contribution in [3.8, 4) is 16.9 Å². The van der Waals surface area contributed by atoms with Gasteiger partial charge >= 0.3 is 0 Å². The van der Waals surface area contributed by atoms with E-state index in [0.29, 0.717) is 0 Å². The molecule has 4 nitrogen and oxygen atoms in total. The average Bonchev–Trinajstić information content (AvgIpc) is 3.09. The first-order valence-electron chi connectivity index (χ1n) is 9.00. The van der Waals surface area contributed by atoms with Crippen molar-refractivity contribution in [1.82, 2.24) is 19.6 Å². The van der Waals surface area contributed by atoms with Gasteiger partial charge in [0.1, 0.15) is 0 Å². The number of aromatic nitrogens is 2. The maximum atomic E-state index is 6.07. The van der Waals surface area contributed by atoms with Crippen LogP contribution in [-0.2, 0) is 6.54 Å². The van der Waals surface area contributed by atoms with E-state index in [-0.39, 0.29) is 0 Å². The monoisotopic (exact) mass is 366 g/mol. The summed E-state index contributed by atoms with van der Waals surface area (Å²) in [5.74, 6) is 0. The number of para-hydroxylation sites is 1. The summed E-state index contributed by atoms with van der Waals surface area (Å²) >= 11 is 6.07. The third-order valence-electron chi connectivity index (χ3n) is 4.92. The summed E-state index contributed by atoms with van der Waals surface area (Å²) in [7, 11) is 2.18. The standard InChI is InChI=1S/C21H23ClN4/c1-24-11-13-25(14-12-24)15-18-16-26(20-5-3-2-4-6-20)23-21(18)17-7-9-19(22)10-8-17/h2-10,16H,11-15H2,1H3. The quantitative estimate of drug-likeness (QED) is 0.699. The van der Waals surface area contributed by atoms with Gasteiger partial charge < -0.3 is 4.90 Å². The van der Waals surface area contributed by atoms with E-state index in [1.807, 2.05) is 47.1 Å². The first-order chi connectivity index (χ1) is 12.7. The van der Waals surface area contributed by atoms with Gasteiger partial charge in [-0.3, -0.25) is 4.90 Å². The molecular formula is C21H23ClN4. The maximum Gasteiger partial charge on any atom is 0.0972 e. The second-order valence-electron chi connectivity index (χ2n) is 6.87. The Kier molecular flexibility index (Phi) is 5.07. The Hall–Kier alpha value is -2.14. The lowest BCUT2D eigenvalue weighted by Gasteiger charge is -2.32. The molecule has 0 bridgehead atoms. The van der Waals surface area contributed by atoms with E-state index in [2.05, 4.69) is 35.2 Å². The molecular weight excluding hydrogens is 344 g/mol. The number of rotatable bonds is 4. The van der Waals surface area contributed by atoms with Crippen LogP contribution in [0.25, 0.3) is 16.9 Å². The van der Waals surface area contributed by atoms with Crippen LogP contribution >= 0.6 is 11.6 Å². The molecule has 0 aliphatic carbocycles. The number of piperazine rings is 1. The Morgan fingerprint density at radius 3 is 2.31 bits per heavy atom. The van der Waals surface area contributed by atoms with Crippen LogP contribution in [0.15, 0.2) is 60.8 Å². The highest BCUT2D eigenvalue weighted by atomic mass is 35.5. The lowest BCUT2D eigenvalue weighted by atomic mass is 10.1. The highest BCUT2D eigenvalue weighted by molar-refractivity contribution is 6.30. The zero-order valence-corrected chi connectivity index (χ0v) is 15.7. The van der Waals surface area contributed by atoms with Crippen LogP contribution in [-0.4, -0.2) is 52.8 Å². The van der Waals surface area contributed by atoms with E-state index in [4.69, 9.17) is 16.7 Å². The Balaban J connectivity index is 1.68. The van der Waals surface area contributed by atoms with Crippen LogP contribution in [0.3, 0.4) is 0 Å². The first kappa shape index (κ1) is 17.3. The van der Waals surface area contributed by atoms with Gasteiger partial charge in [-0.1, -0.05) is 41.9 Å². The smallest absolute Gasteiger partial charge is 0.0972 e. The molecule has 4 rings (SSSR count). The molecule has 0 atom stereocenters. The second-order valence-corrected chi connectivity index (χ2v) is 7.31. The summed E-state index contributed by atoms with van der Waals surface area (Å²) in [5.41, 5.74) is 4.46. The van der Waals surface area contributed by atoms with Gasteiger partial charge in [-0.2, -0.15) is 5.10 Å². The Morgan fingerprint density at radius 1 is 0.923 bits per heavy atom. The molecule has 0 radical (unpaired) electrons. The fourth-order valence-electron chi connectivity index (χ4n) is 3.34. The van der Waals surface area contributed by atoms with Gasteiger partial charge in [0, 0.05) is 55.1 Å². The van der Waals surface area contributed by atoms with E-state index in [1.165, 1.54) is 5.56 Å². The summed E-state index contributed by atoms with van der Waals surface area (Å²) in [4.78, 5) is 4.88. The third kappa shape index (κ3) is 3.83. The van der Waals surface area contributed by atoms with Crippen molar-refractivity contribution in [2.45, 2.75) is 6.54 Å². The van der Waals surface area contributed by atoms with Gasteiger partial charge in [0.2, 0.25) is 0 Å². The zero-order valence-electron chi connectivity index (χ0n) is 15.0. The minimum Gasteiger partial charge on any atom is -0.304 e. The summed E-state index contributed by atoms with van der Waals surface area (Å²) < 4.78 is 1.98. The van der Waals surface area contributed by atoms with Crippen molar-refractivity contribution in [3.05, 3.63) is 71.4 Å². The molecule has 5 heteroatoms. The molecule has 134 valence electrons. The van der Waals surface area contributed by atoms with E-state index in [0.717, 1.165) is 54.7 Å². The summed E-state index contributed by atoms with van der Waals surface area (Å²) in [6, 6.07) is 18.2. The number of benzene rings is 2. The van der Waals surface area contributed by atoms with Crippen molar-refractivity contribution in [2.75, 3.05) is 33.2 Å². The Labute approximate surface area is 159 Å². The van der Waals surface area contributed by atoms with Crippen LogP contribution < -0.4 is 0 Å². The van der Waals surface area contributed by atoms with Gasteiger partial charge in [0.25, 0.3) is 0 Å². The molecule has 1 aliphatic rings.